The number of amides is 3. The zero-order valence-electron chi connectivity index (χ0n) is 16.6. The average Bonchev–Trinajstić information content (AvgIpc) is 2.62. The molecule has 150 valence electrons. The minimum Gasteiger partial charge on any atom is -0.450 e. The summed E-state index contributed by atoms with van der Waals surface area (Å²) in [7, 11) is 4.01. The van der Waals surface area contributed by atoms with E-state index in [1.54, 1.807) is 11.8 Å². The Balaban J connectivity index is 1.80. The van der Waals surface area contributed by atoms with Gasteiger partial charge in [-0.3, -0.25) is 0 Å². The Morgan fingerprint density at radius 2 is 1.89 bits per heavy atom. The van der Waals surface area contributed by atoms with E-state index >= 15 is 0 Å². The van der Waals surface area contributed by atoms with Gasteiger partial charge in [0, 0.05) is 31.7 Å². The molecule has 1 aliphatic heterocycles. The Hall–Kier alpha value is -2.28. The normalized spacial score (nSPS) is 16.1. The largest absolute Gasteiger partial charge is 0.450 e. The number of piperidine rings is 1. The molecule has 1 aromatic rings. The molecular formula is C20H32N4O3. The lowest BCUT2D eigenvalue weighted by atomic mass is 10.0. The molecule has 0 radical (unpaired) electrons. The van der Waals surface area contributed by atoms with Crippen molar-refractivity contribution < 1.29 is 14.3 Å². The Labute approximate surface area is 162 Å². The summed E-state index contributed by atoms with van der Waals surface area (Å²) in [6, 6.07) is 10.1. The minimum atomic E-state index is -0.269. The molecule has 7 heteroatoms. The third kappa shape index (κ3) is 7.46. The van der Waals surface area contributed by atoms with Crippen LogP contribution in [-0.2, 0) is 11.2 Å². The molecule has 27 heavy (non-hydrogen) atoms. The van der Waals surface area contributed by atoms with E-state index in [0.29, 0.717) is 19.7 Å². The number of benzene rings is 1. The van der Waals surface area contributed by atoms with Gasteiger partial charge >= 0.3 is 12.1 Å². The minimum absolute atomic E-state index is 0.0296. The van der Waals surface area contributed by atoms with Crippen LogP contribution in [0.3, 0.4) is 0 Å². The molecule has 0 bridgehead atoms. The maximum atomic E-state index is 12.5. The van der Waals surface area contributed by atoms with Crippen molar-refractivity contribution in [3.8, 4) is 0 Å². The van der Waals surface area contributed by atoms with Crippen LogP contribution in [0.25, 0.3) is 0 Å². The van der Waals surface area contributed by atoms with Gasteiger partial charge in [0.1, 0.15) is 0 Å². The predicted octanol–water partition coefficient (Wildman–Crippen LogP) is 2.08. The number of likely N-dealkylation sites (tertiary alicyclic amines) is 1. The molecule has 3 amide bonds. The molecule has 1 aromatic carbocycles. The highest BCUT2D eigenvalue weighted by Gasteiger charge is 2.25. The van der Waals surface area contributed by atoms with E-state index in [0.717, 1.165) is 25.8 Å². The maximum Gasteiger partial charge on any atom is 0.409 e. The summed E-state index contributed by atoms with van der Waals surface area (Å²) in [5.74, 6) is 0. The van der Waals surface area contributed by atoms with Crippen molar-refractivity contribution in [2.24, 2.45) is 0 Å². The lowest BCUT2D eigenvalue weighted by Gasteiger charge is -2.32. The van der Waals surface area contributed by atoms with Crippen LogP contribution in [0.1, 0.15) is 25.3 Å². The molecular weight excluding hydrogens is 344 g/mol. The molecule has 2 N–H and O–H groups in total. The van der Waals surface area contributed by atoms with Crippen LogP contribution >= 0.6 is 0 Å². The predicted molar refractivity (Wildman–Crippen MR) is 106 cm³/mol. The first-order chi connectivity index (χ1) is 13.0. The van der Waals surface area contributed by atoms with Gasteiger partial charge in [0.2, 0.25) is 0 Å². The number of nitrogens with zero attached hydrogens (tertiary/aromatic N) is 2. The molecule has 1 aliphatic rings. The number of urea groups is 1. The molecule has 1 fully saturated rings. The molecule has 0 aliphatic carbocycles. The monoisotopic (exact) mass is 376 g/mol. The Morgan fingerprint density at radius 1 is 1.22 bits per heavy atom. The third-order valence-electron chi connectivity index (χ3n) is 4.60. The number of nitrogens with one attached hydrogen (secondary N) is 2. The van der Waals surface area contributed by atoms with E-state index in [1.807, 2.05) is 32.3 Å². The number of ether oxygens (including phenoxy) is 1. The summed E-state index contributed by atoms with van der Waals surface area (Å²) < 4.78 is 5.03. The fourth-order valence-electron chi connectivity index (χ4n) is 3.33. The van der Waals surface area contributed by atoms with Gasteiger partial charge in [0.15, 0.2) is 0 Å². The van der Waals surface area contributed by atoms with Gasteiger partial charge in [0.05, 0.1) is 6.61 Å². The number of hydrogen-bond donors (Lipinski definition) is 2. The van der Waals surface area contributed by atoms with Gasteiger partial charge in [-0.05, 0) is 45.8 Å². The number of rotatable bonds is 7. The molecule has 0 aromatic heterocycles. The fraction of sp³-hybridized carbons (Fsp3) is 0.600. The molecule has 0 saturated carbocycles. The first-order valence-corrected chi connectivity index (χ1v) is 9.65. The standard InChI is InChI=1S/C20H32N4O3/c1-4-27-20(26)24-12-10-17(11-13-24)21-19(25)22-18(15-23(2)3)14-16-8-6-5-7-9-16/h5-9,17-18H,4,10-15H2,1-3H3,(H2,21,22,25). The van der Waals surface area contributed by atoms with Gasteiger partial charge in [-0.2, -0.15) is 0 Å². The molecule has 7 nitrogen and oxygen atoms in total. The molecule has 1 saturated heterocycles. The zero-order valence-corrected chi connectivity index (χ0v) is 16.6. The summed E-state index contributed by atoms with van der Waals surface area (Å²) in [4.78, 5) is 28.0. The van der Waals surface area contributed by atoms with Crippen LogP contribution in [0, 0.1) is 0 Å². The van der Waals surface area contributed by atoms with E-state index in [2.05, 4.69) is 27.7 Å². The van der Waals surface area contributed by atoms with Crippen molar-refractivity contribution in [3.05, 3.63) is 35.9 Å². The van der Waals surface area contributed by atoms with Crippen LogP contribution in [0.2, 0.25) is 0 Å². The van der Waals surface area contributed by atoms with E-state index in [9.17, 15) is 9.59 Å². The van der Waals surface area contributed by atoms with E-state index in [1.165, 1.54) is 5.56 Å². The second-order valence-electron chi connectivity index (χ2n) is 7.23. The molecule has 1 unspecified atom stereocenters. The van der Waals surface area contributed by atoms with Crippen LogP contribution < -0.4 is 10.6 Å². The SMILES string of the molecule is CCOC(=O)N1CCC(NC(=O)NC(Cc2ccccc2)CN(C)C)CC1. The molecule has 2 rings (SSSR count). The van der Waals surface area contributed by atoms with Crippen molar-refractivity contribution in [2.75, 3.05) is 40.3 Å². The average molecular weight is 377 g/mol. The first kappa shape index (κ1) is 21.0. The molecule has 0 spiro atoms. The summed E-state index contributed by atoms with van der Waals surface area (Å²) >= 11 is 0. The van der Waals surface area contributed by atoms with E-state index < -0.39 is 0 Å². The second kappa shape index (κ2) is 10.8. The van der Waals surface area contributed by atoms with E-state index in [-0.39, 0.29) is 24.2 Å². The lowest BCUT2D eigenvalue weighted by Crippen LogP contribution is -2.52. The highest BCUT2D eigenvalue weighted by molar-refractivity contribution is 5.74. The Kier molecular flexibility index (Phi) is 8.39. The van der Waals surface area contributed by atoms with Gasteiger partial charge in [-0.1, -0.05) is 30.3 Å². The number of hydrogen-bond acceptors (Lipinski definition) is 4. The highest BCUT2D eigenvalue weighted by Crippen LogP contribution is 2.11. The lowest BCUT2D eigenvalue weighted by molar-refractivity contribution is 0.0957. The van der Waals surface area contributed by atoms with Crippen molar-refractivity contribution in [1.29, 1.82) is 0 Å². The summed E-state index contributed by atoms with van der Waals surface area (Å²) in [5, 5.41) is 6.15. The number of carbonyl (C=O) groups is 2. The van der Waals surface area contributed by atoms with Crippen molar-refractivity contribution >= 4 is 12.1 Å². The Morgan fingerprint density at radius 3 is 2.48 bits per heavy atom. The zero-order chi connectivity index (χ0) is 19.6. The van der Waals surface area contributed by atoms with E-state index in [4.69, 9.17) is 4.74 Å². The van der Waals surface area contributed by atoms with Crippen molar-refractivity contribution in [2.45, 2.75) is 38.3 Å². The van der Waals surface area contributed by atoms with Crippen LogP contribution in [0.4, 0.5) is 9.59 Å². The summed E-state index contributed by atoms with van der Waals surface area (Å²) in [5.41, 5.74) is 1.20. The van der Waals surface area contributed by atoms with Crippen molar-refractivity contribution in [3.63, 3.8) is 0 Å². The topological polar surface area (TPSA) is 73.9 Å². The summed E-state index contributed by atoms with van der Waals surface area (Å²) in [6.45, 7) is 4.16. The number of likely N-dealkylation sites (N-methyl/N-ethyl adjacent to an activating group) is 1. The van der Waals surface area contributed by atoms with Gasteiger partial charge in [0.25, 0.3) is 0 Å². The van der Waals surface area contributed by atoms with Crippen LogP contribution in [-0.4, -0.2) is 74.3 Å². The number of carbonyl (C=O) groups excluding carboxylic acids is 2. The fourth-order valence-corrected chi connectivity index (χ4v) is 3.33. The highest BCUT2D eigenvalue weighted by atomic mass is 16.6. The van der Waals surface area contributed by atoms with Gasteiger partial charge in [-0.15, -0.1) is 0 Å². The van der Waals surface area contributed by atoms with Crippen LogP contribution in [0.15, 0.2) is 30.3 Å². The quantitative estimate of drug-likeness (QED) is 0.764. The summed E-state index contributed by atoms with van der Waals surface area (Å²) in [6.07, 6.45) is 2.00. The smallest absolute Gasteiger partial charge is 0.409 e. The molecule has 1 atom stereocenters. The second-order valence-corrected chi connectivity index (χ2v) is 7.23. The van der Waals surface area contributed by atoms with Crippen molar-refractivity contribution in [1.82, 2.24) is 20.4 Å². The van der Waals surface area contributed by atoms with Gasteiger partial charge < -0.3 is 25.2 Å². The maximum absolute atomic E-state index is 12.5. The van der Waals surface area contributed by atoms with Gasteiger partial charge in [-0.25, -0.2) is 9.59 Å². The molecule has 1 heterocycles. The third-order valence-corrected chi connectivity index (χ3v) is 4.60. The Bertz CT molecular complexity index is 586. The first-order valence-electron chi connectivity index (χ1n) is 9.65. The van der Waals surface area contributed by atoms with Crippen LogP contribution in [0.5, 0.6) is 0 Å².